The predicted molar refractivity (Wildman–Crippen MR) is 104 cm³/mol. The number of amides is 2. The topological polar surface area (TPSA) is 102 Å². The van der Waals surface area contributed by atoms with E-state index in [-0.39, 0.29) is 23.3 Å². The van der Waals surface area contributed by atoms with Gasteiger partial charge < -0.3 is 10.6 Å². The molecular formula is C18H17FN6O2S. The van der Waals surface area contributed by atoms with Crippen LogP contribution in [-0.2, 0) is 9.59 Å². The Bertz CT molecular complexity index is 976. The van der Waals surface area contributed by atoms with Crippen LogP contribution < -0.4 is 10.6 Å². The summed E-state index contributed by atoms with van der Waals surface area (Å²) in [5.41, 5.74) is 1.46. The number of halogens is 1. The van der Waals surface area contributed by atoms with Crippen molar-refractivity contribution in [1.29, 1.82) is 0 Å². The van der Waals surface area contributed by atoms with Crippen molar-refractivity contribution in [2.24, 2.45) is 0 Å². The molecule has 28 heavy (non-hydrogen) atoms. The summed E-state index contributed by atoms with van der Waals surface area (Å²) >= 11 is 1.09. The van der Waals surface area contributed by atoms with Crippen LogP contribution in [0.1, 0.15) is 13.3 Å². The molecule has 0 saturated heterocycles. The summed E-state index contributed by atoms with van der Waals surface area (Å²) in [6, 6.07) is 12.9. The fourth-order valence-electron chi connectivity index (χ4n) is 2.26. The Labute approximate surface area is 164 Å². The normalized spacial score (nSPS) is 10.5. The summed E-state index contributed by atoms with van der Waals surface area (Å²) in [6.07, 6.45) is 0.391. The molecule has 3 rings (SSSR count). The van der Waals surface area contributed by atoms with E-state index >= 15 is 0 Å². The van der Waals surface area contributed by atoms with Gasteiger partial charge in [-0.25, -0.2) is 4.39 Å². The van der Waals surface area contributed by atoms with Gasteiger partial charge in [-0.15, -0.1) is 5.10 Å². The second kappa shape index (κ2) is 9.09. The van der Waals surface area contributed by atoms with Crippen LogP contribution in [0.25, 0.3) is 5.69 Å². The number of nitrogens with zero attached hydrogens (tertiary/aromatic N) is 4. The third-order valence-corrected chi connectivity index (χ3v) is 4.55. The van der Waals surface area contributed by atoms with Crippen LogP contribution in [-0.4, -0.2) is 37.8 Å². The van der Waals surface area contributed by atoms with E-state index in [0.717, 1.165) is 11.8 Å². The molecule has 144 valence electrons. The Balaban J connectivity index is 1.58. The first-order valence-corrected chi connectivity index (χ1v) is 9.41. The zero-order chi connectivity index (χ0) is 19.9. The van der Waals surface area contributed by atoms with Gasteiger partial charge in [-0.1, -0.05) is 30.8 Å². The number of benzene rings is 2. The highest BCUT2D eigenvalue weighted by Gasteiger charge is 2.14. The van der Waals surface area contributed by atoms with Gasteiger partial charge in [0.2, 0.25) is 17.0 Å². The van der Waals surface area contributed by atoms with Gasteiger partial charge in [0.05, 0.1) is 5.75 Å². The monoisotopic (exact) mass is 400 g/mol. The van der Waals surface area contributed by atoms with Crippen LogP contribution in [0.2, 0.25) is 0 Å². The lowest BCUT2D eigenvalue weighted by Crippen LogP contribution is -2.15. The van der Waals surface area contributed by atoms with E-state index < -0.39 is 5.82 Å². The van der Waals surface area contributed by atoms with E-state index in [1.807, 2.05) is 0 Å². The molecule has 0 bridgehead atoms. The van der Waals surface area contributed by atoms with Crippen molar-refractivity contribution in [3.63, 3.8) is 0 Å². The lowest BCUT2D eigenvalue weighted by molar-refractivity contribution is -0.116. The van der Waals surface area contributed by atoms with E-state index in [2.05, 4.69) is 26.2 Å². The zero-order valence-corrected chi connectivity index (χ0v) is 15.7. The van der Waals surface area contributed by atoms with Crippen molar-refractivity contribution < 1.29 is 14.0 Å². The minimum atomic E-state index is -0.462. The molecule has 1 heterocycles. The first-order valence-electron chi connectivity index (χ1n) is 8.42. The van der Waals surface area contributed by atoms with E-state index in [1.54, 1.807) is 49.4 Å². The highest BCUT2D eigenvalue weighted by molar-refractivity contribution is 7.99. The summed E-state index contributed by atoms with van der Waals surface area (Å²) in [7, 11) is 0. The standard InChI is InChI=1S/C18H17FN6O2S/c1-2-16(26)20-12-7-9-13(10-8-12)21-17(27)11-28-18-22-23-24-25(18)15-6-4-3-5-14(15)19/h3-10H,2,11H2,1H3,(H,20,26)(H,21,27). The molecule has 10 heteroatoms. The molecule has 0 spiro atoms. The van der Waals surface area contributed by atoms with Crippen molar-refractivity contribution in [3.8, 4) is 5.69 Å². The number of tetrazole rings is 1. The summed E-state index contributed by atoms with van der Waals surface area (Å²) in [6.45, 7) is 1.77. The molecule has 1 aromatic heterocycles. The van der Waals surface area contributed by atoms with Gasteiger partial charge in [0, 0.05) is 17.8 Å². The van der Waals surface area contributed by atoms with Crippen LogP contribution in [0.4, 0.5) is 15.8 Å². The minimum absolute atomic E-state index is 0.0448. The molecule has 0 radical (unpaired) electrons. The van der Waals surface area contributed by atoms with Gasteiger partial charge in [-0.3, -0.25) is 9.59 Å². The Kier molecular flexibility index (Phi) is 6.33. The lowest BCUT2D eigenvalue weighted by atomic mass is 10.2. The Morgan fingerprint density at radius 1 is 1.04 bits per heavy atom. The third-order valence-electron chi connectivity index (χ3n) is 3.63. The van der Waals surface area contributed by atoms with Crippen molar-refractivity contribution in [2.45, 2.75) is 18.5 Å². The smallest absolute Gasteiger partial charge is 0.234 e. The number of carbonyl (C=O) groups is 2. The number of rotatable bonds is 7. The van der Waals surface area contributed by atoms with Gasteiger partial charge in [0.15, 0.2) is 0 Å². The molecule has 0 atom stereocenters. The van der Waals surface area contributed by atoms with Crippen molar-refractivity contribution in [2.75, 3.05) is 16.4 Å². The molecule has 3 aromatic rings. The Morgan fingerprint density at radius 3 is 2.32 bits per heavy atom. The zero-order valence-electron chi connectivity index (χ0n) is 14.9. The SMILES string of the molecule is CCC(=O)Nc1ccc(NC(=O)CSc2nnnn2-c2ccccc2F)cc1. The average Bonchev–Trinajstić information content (AvgIpc) is 3.16. The number of carbonyl (C=O) groups excluding carboxylic acids is 2. The number of hydrogen-bond acceptors (Lipinski definition) is 6. The van der Waals surface area contributed by atoms with E-state index in [9.17, 15) is 14.0 Å². The highest BCUT2D eigenvalue weighted by Crippen LogP contribution is 2.20. The summed E-state index contributed by atoms with van der Waals surface area (Å²) in [4.78, 5) is 23.5. The maximum absolute atomic E-state index is 13.9. The number of hydrogen-bond donors (Lipinski definition) is 2. The maximum Gasteiger partial charge on any atom is 0.234 e. The van der Waals surface area contributed by atoms with Crippen molar-refractivity contribution in [3.05, 3.63) is 54.3 Å². The van der Waals surface area contributed by atoms with Crippen molar-refractivity contribution in [1.82, 2.24) is 20.2 Å². The molecule has 0 fully saturated rings. The number of para-hydroxylation sites is 1. The fourth-order valence-corrected chi connectivity index (χ4v) is 2.94. The average molecular weight is 400 g/mol. The van der Waals surface area contributed by atoms with Gasteiger partial charge in [0.1, 0.15) is 11.5 Å². The quantitative estimate of drug-likeness (QED) is 0.592. The second-order valence-corrected chi connectivity index (χ2v) is 6.58. The second-order valence-electron chi connectivity index (χ2n) is 5.64. The molecule has 0 unspecified atom stereocenters. The number of nitrogens with one attached hydrogen (secondary N) is 2. The molecule has 0 aliphatic heterocycles. The summed E-state index contributed by atoms with van der Waals surface area (Å²) < 4.78 is 15.2. The molecular weight excluding hydrogens is 383 g/mol. The van der Waals surface area contributed by atoms with Gasteiger partial charge in [-0.05, 0) is 46.8 Å². The Hall–Kier alpha value is -3.27. The van der Waals surface area contributed by atoms with Crippen molar-refractivity contribution >= 4 is 35.0 Å². The largest absolute Gasteiger partial charge is 0.326 e. The van der Waals surface area contributed by atoms with Crippen LogP contribution in [0.3, 0.4) is 0 Å². The number of aromatic nitrogens is 4. The molecule has 0 saturated carbocycles. The van der Waals surface area contributed by atoms with Crippen LogP contribution in [0.15, 0.2) is 53.7 Å². The summed E-state index contributed by atoms with van der Waals surface area (Å²) in [5, 5.41) is 16.9. The first kappa shape index (κ1) is 19.5. The lowest BCUT2D eigenvalue weighted by Gasteiger charge is -2.08. The number of thioether (sulfide) groups is 1. The fraction of sp³-hybridized carbons (Fsp3) is 0.167. The van der Waals surface area contributed by atoms with E-state index in [4.69, 9.17) is 0 Å². The van der Waals surface area contributed by atoms with Crippen LogP contribution in [0, 0.1) is 5.82 Å². The van der Waals surface area contributed by atoms with Crippen LogP contribution >= 0.6 is 11.8 Å². The van der Waals surface area contributed by atoms with Gasteiger partial charge >= 0.3 is 0 Å². The maximum atomic E-state index is 13.9. The molecule has 0 aliphatic carbocycles. The first-order chi connectivity index (χ1) is 13.6. The highest BCUT2D eigenvalue weighted by atomic mass is 32.2. The molecule has 8 nitrogen and oxygen atoms in total. The van der Waals surface area contributed by atoms with Gasteiger partial charge in [-0.2, -0.15) is 4.68 Å². The predicted octanol–water partition coefficient (Wildman–Crippen LogP) is 2.88. The molecule has 2 amide bonds. The van der Waals surface area contributed by atoms with Crippen LogP contribution in [0.5, 0.6) is 0 Å². The molecule has 2 N–H and O–H groups in total. The molecule has 0 aliphatic rings. The van der Waals surface area contributed by atoms with Gasteiger partial charge in [0.25, 0.3) is 0 Å². The third kappa shape index (κ3) is 4.92. The van der Waals surface area contributed by atoms with E-state index in [0.29, 0.717) is 23.0 Å². The number of anilines is 2. The Morgan fingerprint density at radius 2 is 1.68 bits per heavy atom. The summed E-state index contributed by atoms with van der Waals surface area (Å²) in [5.74, 6) is -0.765. The minimum Gasteiger partial charge on any atom is -0.326 e. The van der Waals surface area contributed by atoms with E-state index in [1.165, 1.54) is 10.7 Å². The molecule has 2 aromatic carbocycles.